The third-order valence-electron chi connectivity index (χ3n) is 3.69. The summed E-state index contributed by atoms with van der Waals surface area (Å²) < 4.78 is 27.4. The van der Waals surface area contributed by atoms with Gasteiger partial charge in [0, 0.05) is 30.9 Å². The molecule has 0 aliphatic carbocycles. The molecule has 134 valence electrons. The van der Waals surface area contributed by atoms with Gasteiger partial charge in [-0.15, -0.1) is 0 Å². The predicted molar refractivity (Wildman–Crippen MR) is 95.0 cm³/mol. The fourth-order valence-corrected chi connectivity index (χ4v) is 3.05. The number of hydrogen-bond acceptors (Lipinski definition) is 4. The molecule has 25 heavy (non-hydrogen) atoms. The highest BCUT2D eigenvalue weighted by atomic mass is 32.2. The van der Waals surface area contributed by atoms with Gasteiger partial charge in [0.2, 0.25) is 15.6 Å². The summed E-state index contributed by atoms with van der Waals surface area (Å²) in [6, 6.07) is 10.9. The second kappa shape index (κ2) is 8.59. The van der Waals surface area contributed by atoms with Crippen LogP contribution >= 0.6 is 0 Å². The fraction of sp³-hybridized carbons (Fsp3) is 0.294. The van der Waals surface area contributed by atoms with Crippen LogP contribution in [0.5, 0.6) is 0 Å². The summed E-state index contributed by atoms with van der Waals surface area (Å²) >= 11 is 0. The van der Waals surface area contributed by atoms with Gasteiger partial charge in [-0.05, 0) is 44.2 Å². The summed E-state index contributed by atoms with van der Waals surface area (Å²) in [5.74, 6) is -0.329. The Balaban J connectivity index is 1.84. The molecule has 0 bridgehead atoms. The Kier molecular flexibility index (Phi) is 6.49. The van der Waals surface area contributed by atoms with E-state index in [1.807, 2.05) is 0 Å². The molecule has 0 fully saturated rings. The van der Waals surface area contributed by atoms with Crippen LogP contribution in [0.2, 0.25) is 0 Å². The highest BCUT2D eigenvalue weighted by molar-refractivity contribution is 7.89. The number of aromatic nitrogens is 1. The van der Waals surface area contributed by atoms with Crippen molar-refractivity contribution in [3.8, 4) is 0 Å². The largest absolute Gasteiger partial charge is 0.352 e. The van der Waals surface area contributed by atoms with Gasteiger partial charge in [-0.2, -0.15) is 0 Å². The van der Waals surface area contributed by atoms with E-state index >= 15 is 0 Å². The number of aryl methyl sites for hydroxylation is 1. The molecular formula is C17H21N3O4S. The van der Waals surface area contributed by atoms with E-state index in [9.17, 15) is 18.0 Å². The molecule has 0 saturated carbocycles. The van der Waals surface area contributed by atoms with Crippen molar-refractivity contribution in [1.82, 2.24) is 14.6 Å². The van der Waals surface area contributed by atoms with Gasteiger partial charge >= 0.3 is 0 Å². The first-order valence-electron chi connectivity index (χ1n) is 7.91. The van der Waals surface area contributed by atoms with Crippen molar-refractivity contribution in [3.63, 3.8) is 0 Å². The molecule has 0 atom stereocenters. The first-order valence-corrected chi connectivity index (χ1v) is 9.39. The van der Waals surface area contributed by atoms with Crippen molar-refractivity contribution in [2.75, 3.05) is 13.6 Å². The topological polar surface area (TPSA) is 97.3 Å². The van der Waals surface area contributed by atoms with Gasteiger partial charge in [0.15, 0.2) is 0 Å². The SMILES string of the molecule is CNS(=O)(=O)c1cccc(C(=O)NCCCCn2ccccc2=O)c1. The molecule has 2 aromatic rings. The van der Waals surface area contributed by atoms with Crippen LogP contribution in [0.4, 0.5) is 0 Å². The smallest absolute Gasteiger partial charge is 0.251 e. The van der Waals surface area contributed by atoms with Gasteiger partial charge in [-0.3, -0.25) is 9.59 Å². The lowest BCUT2D eigenvalue weighted by molar-refractivity contribution is 0.0952. The molecular weight excluding hydrogens is 342 g/mol. The van der Waals surface area contributed by atoms with Crippen LogP contribution < -0.4 is 15.6 Å². The van der Waals surface area contributed by atoms with Gasteiger partial charge in [-0.25, -0.2) is 13.1 Å². The number of carbonyl (C=O) groups is 1. The lowest BCUT2D eigenvalue weighted by Gasteiger charge is -2.08. The summed E-state index contributed by atoms with van der Waals surface area (Å²) in [5.41, 5.74) is 0.240. The first kappa shape index (κ1) is 18.9. The fourth-order valence-electron chi connectivity index (χ4n) is 2.28. The number of amides is 1. The minimum absolute atomic E-state index is 0.0471. The number of rotatable bonds is 8. The summed E-state index contributed by atoms with van der Waals surface area (Å²) in [6.07, 6.45) is 3.19. The summed E-state index contributed by atoms with van der Waals surface area (Å²) in [5, 5.41) is 2.75. The zero-order chi connectivity index (χ0) is 18.3. The van der Waals surface area contributed by atoms with Gasteiger partial charge in [0.1, 0.15) is 0 Å². The lowest BCUT2D eigenvalue weighted by atomic mass is 10.2. The second-order valence-electron chi connectivity index (χ2n) is 5.43. The van der Waals surface area contributed by atoms with E-state index in [1.54, 1.807) is 29.0 Å². The van der Waals surface area contributed by atoms with Crippen LogP contribution in [0.25, 0.3) is 0 Å². The molecule has 2 N–H and O–H groups in total. The van der Waals surface area contributed by atoms with Crippen molar-refractivity contribution in [2.24, 2.45) is 0 Å². The molecule has 0 spiro atoms. The van der Waals surface area contributed by atoms with Crippen LogP contribution in [0.3, 0.4) is 0 Å². The molecule has 1 aromatic carbocycles. The number of nitrogens with one attached hydrogen (secondary N) is 2. The van der Waals surface area contributed by atoms with Crippen molar-refractivity contribution >= 4 is 15.9 Å². The highest BCUT2D eigenvalue weighted by Gasteiger charge is 2.13. The van der Waals surface area contributed by atoms with Crippen LogP contribution in [0, 0.1) is 0 Å². The maximum Gasteiger partial charge on any atom is 0.251 e. The van der Waals surface area contributed by atoms with E-state index in [4.69, 9.17) is 0 Å². The van der Waals surface area contributed by atoms with Crippen LogP contribution in [0.15, 0.2) is 58.4 Å². The molecule has 0 unspecified atom stereocenters. The van der Waals surface area contributed by atoms with E-state index in [0.717, 1.165) is 6.42 Å². The predicted octanol–water partition coefficient (Wildman–Crippen LogP) is 0.967. The Hall–Kier alpha value is -2.45. The van der Waals surface area contributed by atoms with Crippen LogP contribution in [-0.4, -0.2) is 32.5 Å². The summed E-state index contributed by atoms with van der Waals surface area (Å²) in [7, 11) is -2.26. The normalized spacial score (nSPS) is 11.2. The minimum Gasteiger partial charge on any atom is -0.352 e. The molecule has 0 aliphatic heterocycles. The Morgan fingerprint density at radius 2 is 1.92 bits per heavy atom. The van der Waals surface area contributed by atoms with Gasteiger partial charge in [0.25, 0.3) is 5.91 Å². The number of pyridine rings is 1. The molecule has 1 heterocycles. The molecule has 0 saturated heterocycles. The summed E-state index contributed by atoms with van der Waals surface area (Å²) in [4.78, 5) is 23.7. The number of sulfonamides is 1. The third-order valence-corrected chi connectivity index (χ3v) is 5.10. The number of unbranched alkanes of at least 4 members (excludes halogenated alkanes) is 1. The number of carbonyl (C=O) groups excluding carboxylic acids is 1. The van der Waals surface area contributed by atoms with Crippen molar-refractivity contribution in [3.05, 3.63) is 64.6 Å². The summed E-state index contributed by atoms with van der Waals surface area (Å²) in [6.45, 7) is 1.04. The molecule has 0 radical (unpaired) electrons. The monoisotopic (exact) mass is 363 g/mol. The Bertz CT molecular complexity index is 891. The van der Waals surface area contributed by atoms with Gasteiger partial charge < -0.3 is 9.88 Å². The van der Waals surface area contributed by atoms with Gasteiger partial charge in [-0.1, -0.05) is 12.1 Å². The third kappa shape index (κ3) is 5.27. The molecule has 1 amide bonds. The standard InChI is InChI=1S/C17H21N3O4S/c1-18-25(23,24)15-8-6-7-14(13-15)17(22)19-10-3-5-12-20-11-4-2-9-16(20)21/h2,4,6-9,11,13,18H,3,5,10,12H2,1H3,(H,19,22). The Labute approximate surface area is 146 Å². The Morgan fingerprint density at radius 3 is 2.64 bits per heavy atom. The van der Waals surface area contributed by atoms with E-state index in [1.165, 1.54) is 31.3 Å². The second-order valence-corrected chi connectivity index (χ2v) is 7.32. The number of hydrogen-bond donors (Lipinski definition) is 2. The van der Waals surface area contributed by atoms with Gasteiger partial charge in [0.05, 0.1) is 4.90 Å². The minimum atomic E-state index is -3.58. The van der Waals surface area contributed by atoms with Crippen molar-refractivity contribution in [1.29, 1.82) is 0 Å². The number of nitrogens with zero attached hydrogens (tertiary/aromatic N) is 1. The van der Waals surface area contributed by atoms with E-state index in [-0.39, 0.29) is 21.9 Å². The first-order chi connectivity index (χ1) is 11.9. The van der Waals surface area contributed by atoms with Crippen molar-refractivity contribution < 1.29 is 13.2 Å². The van der Waals surface area contributed by atoms with Crippen LogP contribution in [-0.2, 0) is 16.6 Å². The maximum absolute atomic E-state index is 12.1. The van der Waals surface area contributed by atoms with Crippen LogP contribution in [0.1, 0.15) is 23.2 Å². The zero-order valence-corrected chi connectivity index (χ0v) is 14.8. The maximum atomic E-state index is 12.1. The molecule has 7 nitrogen and oxygen atoms in total. The quantitative estimate of drug-likeness (QED) is 0.683. The number of benzene rings is 1. The molecule has 8 heteroatoms. The Morgan fingerprint density at radius 1 is 1.12 bits per heavy atom. The molecule has 0 aliphatic rings. The lowest BCUT2D eigenvalue weighted by Crippen LogP contribution is -2.26. The molecule has 2 rings (SSSR count). The average molecular weight is 363 g/mol. The van der Waals surface area contributed by atoms with E-state index in [0.29, 0.717) is 19.5 Å². The molecule has 1 aromatic heterocycles. The van der Waals surface area contributed by atoms with Crippen molar-refractivity contribution in [2.45, 2.75) is 24.3 Å². The zero-order valence-electron chi connectivity index (χ0n) is 13.9. The van der Waals surface area contributed by atoms with E-state index < -0.39 is 10.0 Å². The highest BCUT2D eigenvalue weighted by Crippen LogP contribution is 2.11. The average Bonchev–Trinajstić information content (AvgIpc) is 2.63. The van der Waals surface area contributed by atoms with E-state index in [2.05, 4.69) is 10.0 Å².